The number of aryl methyl sites for hydroxylation is 1. The molecule has 1 aliphatic rings. The lowest BCUT2D eigenvalue weighted by molar-refractivity contribution is -0.127. The highest BCUT2D eigenvalue weighted by molar-refractivity contribution is 5.79. The molecule has 1 N–H and O–H groups in total. The number of hydrogen-bond donors (Lipinski definition) is 1. The zero-order chi connectivity index (χ0) is 12.5. The van der Waals surface area contributed by atoms with Gasteiger partial charge in [0.15, 0.2) is 0 Å². The summed E-state index contributed by atoms with van der Waals surface area (Å²) in [7, 11) is 0. The second-order valence-electron chi connectivity index (χ2n) is 5.05. The third-order valence-electron chi connectivity index (χ3n) is 3.59. The van der Waals surface area contributed by atoms with Crippen molar-refractivity contribution < 1.29 is 4.79 Å². The van der Waals surface area contributed by atoms with Crippen molar-refractivity contribution in [3.63, 3.8) is 0 Å². The Kier molecular flexibility index (Phi) is 2.78. The number of amides is 1. The molecule has 3 rings (SSSR count). The lowest BCUT2D eigenvalue weighted by atomic mass is 9.85. The summed E-state index contributed by atoms with van der Waals surface area (Å²) in [6.07, 6.45) is 7.23. The van der Waals surface area contributed by atoms with E-state index in [-0.39, 0.29) is 11.8 Å². The molecule has 18 heavy (non-hydrogen) atoms. The van der Waals surface area contributed by atoms with Crippen molar-refractivity contribution in [2.45, 2.75) is 32.7 Å². The molecule has 1 fully saturated rings. The Labute approximate surface area is 106 Å². The van der Waals surface area contributed by atoms with Crippen molar-refractivity contribution in [1.29, 1.82) is 0 Å². The van der Waals surface area contributed by atoms with Gasteiger partial charge >= 0.3 is 0 Å². The minimum Gasteiger partial charge on any atom is -0.350 e. The van der Waals surface area contributed by atoms with E-state index < -0.39 is 0 Å². The molecule has 2 heterocycles. The monoisotopic (exact) mass is 243 g/mol. The van der Waals surface area contributed by atoms with Gasteiger partial charge in [0.25, 0.3) is 0 Å². The molecule has 0 bridgehead atoms. The first kappa shape index (κ1) is 11.3. The summed E-state index contributed by atoms with van der Waals surface area (Å²) < 4.78 is 1.98. The van der Waals surface area contributed by atoms with Crippen LogP contribution in [0, 0.1) is 12.8 Å². The van der Waals surface area contributed by atoms with Gasteiger partial charge in [-0.25, -0.2) is 4.98 Å². The van der Waals surface area contributed by atoms with Crippen LogP contribution in [0.15, 0.2) is 24.5 Å². The standard InChI is InChI=1S/C14H17N3O/c1-10-5-6-17-9-12(16-13(17)7-10)8-15-14(18)11-3-2-4-11/h5-7,9,11H,2-4,8H2,1H3,(H,15,18). The number of nitrogens with one attached hydrogen (secondary N) is 1. The molecule has 0 unspecified atom stereocenters. The summed E-state index contributed by atoms with van der Waals surface area (Å²) in [4.78, 5) is 16.2. The molecule has 4 nitrogen and oxygen atoms in total. The Morgan fingerprint density at radius 3 is 3.11 bits per heavy atom. The normalized spacial score (nSPS) is 15.6. The summed E-state index contributed by atoms with van der Waals surface area (Å²) in [5.41, 5.74) is 3.04. The molecule has 1 amide bonds. The van der Waals surface area contributed by atoms with Gasteiger partial charge in [-0.1, -0.05) is 6.42 Å². The van der Waals surface area contributed by atoms with Crippen LogP contribution in [0.3, 0.4) is 0 Å². The fourth-order valence-electron chi connectivity index (χ4n) is 2.21. The van der Waals surface area contributed by atoms with Crippen molar-refractivity contribution in [2.75, 3.05) is 0 Å². The number of rotatable bonds is 3. The number of nitrogens with zero attached hydrogens (tertiary/aromatic N) is 2. The van der Waals surface area contributed by atoms with Crippen LogP contribution < -0.4 is 5.32 Å². The Bertz CT molecular complexity index is 584. The number of fused-ring (bicyclic) bond motifs is 1. The molecule has 0 radical (unpaired) electrons. The lowest BCUT2D eigenvalue weighted by Crippen LogP contribution is -2.34. The highest BCUT2D eigenvalue weighted by Gasteiger charge is 2.24. The fraction of sp³-hybridized carbons (Fsp3) is 0.429. The van der Waals surface area contributed by atoms with Gasteiger partial charge in [0, 0.05) is 18.3 Å². The van der Waals surface area contributed by atoms with E-state index in [4.69, 9.17) is 0 Å². The second-order valence-corrected chi connectivity index (χ2v) is 5.05. The van der Waals surface area contributed by atoms with Gasteiger partial charge in [0.1, 0.15) is 5.65 Å². The van der Waals surface area contributed by atoms with Crippen LogP contribution in [0.4, 0.5) is 0 Å². The molecular weight excluding hydrogens is 226 g/mol. The first-order valence-corrected chi connectivity index (χ1v) is 6.44. The van der Waals surface area contributed by atoms with E-state index in [1.807, 2.05) is 35.9 Å². The van der Waals surface area contributed by atoms with Crippen LogP contribution in [0.2, 0.25) is 0 Å². The lowest BCUT2D eigenvalue weighted by Gasteiger charge is -2.23. The predicted octanol–water partition coefficient (Wildman–Crippen LogP) is 2.06. The maximum atomic E-state index is 11.7. The zero-order valence-corrected chi connectivity index (χ0v) is 10.5. The molecule has 2 aromatic heterocycles. The molecule has 0 aliphatic heterocycles. The summed E-state index contributed by atoms with van der Waals surface area (Å²) in [5.74, 6) is 0.416. The average Bonchev–Trinajstić information content (AvgIpc) is 2.65. The number of pyridine rings is 1. The maximum Gasteiger partial charge on any atom is 0.223 e. The Morgan fingerprint density at radius 1 is 1.56 bits per heavy atom. The molecule has 94 valence electrons. The number of imidazole rings is 1. The SMILES string of the molecule is Cc1ccn2cc(CNC(=O)C3CCC3)nc2c1. The fourth-order valence-corrected chi connectivity index (χ4v) is 2.21. The van der Waals surface area contributed by atoms with Crippen LogP contribution in [0.1, 0.15) is 30.5 Å². The summed E-state index contributed by atoms with van der Waals surface area (Å²) in [6, 6.07) is 4.09. The minimum atomic E-state index is 0.175. The third kappa shape index (κ3) is 2.10. The predicted molar refractivity (Wildman–Crippen MR) is 69.1 cm³/mol. The second kappa shape index (κ2) is 4.44. The topological polar surface area (TPSA) is 46.4 Å². The van der Waals surface area contributed by atoms with E-state index in [1.165, 1.54) is 12.0 Å². The Hall–Kier alpha value is -1.84. The number of hydrogen-bond acceptors (Lipinski definition) is 2. The molecule has 1 aliphatic carbocycles. The molecule has 0 saturated heterocycles. The van der Waals surface area contributed by atoms with Crippen LogP contribution >= 0.6 is 0 Å². The zero-order valence-electron chi connectivity index (χ0n) is 10.5. The quantitative estimate of drug-likeness (QED) is 0.897. The van der Waals surface area contributed by atoms with Gasteiger partial charge in [0.2, 0.25) is 5.91 Å². The first-order chi connectivity index (χ1) is 8.72. The Morgan fingerprint density at radius 2 is 2.39 bits per heavy atom. The van der Waals surface area contributed by atoms with Gasteiger partial charge in [-0.05, 0) is 37.5 Å². The summed E-state index contributed by atoms with van der Waals surface area (Å²) >= 11 is 0. The molecule has 2 aromatic rings. The van der Waals surface area contributed by atoms with Crippen molar-refractivity contribution in [3.8, 4) is 0 Å². The molecule has 4 heteroatoms. The summed E-state index contributed by atoms with van der Waals surface area (Å²) in [6.45, 7) is 2.57. The molecular formula is C14H17N3O. The van der Waals surface area contributed by atoms with Gasteiger partial charge in [0.05, 0.1) is 12.2 Å². The maximum absolute atomic E-state index is 11.7. The summed E-state index contributed by atoms with van der Waals surface area (Å²) in [5, 5.41) is 2.96. The minimum absolute atomic E-state index is 0.175. The molecule has 0 atom stereocenters. The van der Waals surface area contributed by atoms with Crippen molar-refractivity contribution in [1.82, 2.24) is 14.7 Å². The third-order valence-corrected chi connectivity index (χ3v) is 3.59. The van der Waals surface area contributed by atoms with Gasteiger partial charge < -0.3 is 9.72 Å². The van der Waals surface area contributed by atoms with E-state index in [1.54, 1.807) is 0 Å². The van der Waals surface area contributed by atoms with Crippen molar-refractivity contribution >= 4 is 11.6 Å². The van der Waals surface area contributed by atoms with E-state index in [9.17, 15) is 4.79 Å². The van der Waals surface area contributed by atoms with Crippen LogP contribution in [-0.2, 0) is 11.3 Å². The smallest absolute Gasteiger partial charge is 0.223 e. The van der Waals surface area contributed by atoms with E-state index >= 15 is 0 Å². The number of carbonyl (C=O) groups excluding carboxylic acids is 1. The highest BCUT2D eigenvalue weighted by atomic mass is 16.1. The highest BCUT2D eigenvalue weighted by Crippen LogP contribution is 2.26. The van der Waals surface area contributed by atoms with Crippen LogP contribution in [-0.4, -0.2) is 15.3 Å². The van der Waals surface area contributed by atoms with E-state index in [0.717, 1.165) is 24.2 Å². The molecule has 1 saturated carbocycles. The van der Waals surface area contributed by atoms with Crippen LogP contribution in [0.5, 0.6) is 0 Å². The number of aromatic nitrogens is 2. The van der Waals surface area contributed by atoms with E-state index in [0.29, 0.717) is 6.54 Å². The van der Waals surface area contributed by atoms with E-state index in [2.05, 4.69) is 10.3 Å². The first-order valence-electron chi connectivity index (χ1n) is 6.44. The largest absolute Gasteiger partial charge is 0.350 e. The van der Waals surface area contributed by atoms with Crippen LogP contribution in [0.25, 0.3) is 5.65 Å². The van der Waals surface area contributed by atoms with Crippen molar-refractivity contribution in [3.05, 3.63) is 35.8 Å². The molecule has 0 aromatic carbocycles. The van der Waals surface area contributed by atoms with Gasteiger partial charge in [-0.15, -0.1) is 0 Å². The number of carbonyl (C=O) groups is 1. The molecule has 0 spiro atoms. The average molecular weight is 243 g/mol. The van der Waals surface area contributed by atoms with Crippen molar-refractivity contribution in [2.24, 2.45) is 5.92 Å². The van der Waals surface area contributed by atoms with Gasteiger partial charge in [-0.3, -0.25) is 4.79 Å². The Balaban J connectivity index is 1.68. The van der Waals surface area contributed by atoms with Gasteiger partial charge in [-0.2, -0.15) is 0 Å².